The van der Waals surface area contributed by atoms with Gasteiger partial charge < -0.3 is 26.6 Å². The second kappa shape index (κ2) is 8.26. The molecule has 1 aromatic rings. The molecule has 0 aromatic heterocycles. The topological polar surface area (TPSA) is 142 Å². The summed E-state index contributed by atoms with van der Waals surface area (Å²) in [4.78, 5) is 35.0. The Morgan fingerprint density at radius 2 is 1.96 bits per heavy atom. The molecular weight excluding hydrogens is 369 g/mol. The molecule has 0 unspecified atom stereocenters. The summed E-state index contributed by atoms with van der Waals surface area (Å²) >= 11 is 5.63. The summed E-state index contributed by atoms with van der Waals surface area (Å²) in [6.45, 7) is -0.389. The van der Waals surface area contributed by atoms with Crippen molar-refractivity contribution in [2.45, 2.75) is 24.7 Å². The average molecular weight is 386 g/mol. The van der Waals surface area contributed by atoms with Crippen molar-refractivity contribution < 1.29 is 29.0 Å². The molecule has 0 heterocycles. The fourth-order valence-electron chi connectivity index (χ4n) is 2.42. The third kappa shape index (κ3) is 4.78. The van der Waals surface area contributed by atoms with E-state index in [-0.39, 0.29) is 29.1 Å². The Hall–Kier alpha value is -2.49. The summed E-state index contributed by atoms with van der Waals surface area (Å²) in [6, 6.07) is 2.25. The standard InChI is InChI=1S/C16H17ClFN3O5/c17-9-3-7(1-2-10(9)18)16(26)21-11-4-8(5-12(22)14(11)24)15(25)20-6-13(19)23/h1-4,11-12,14,22,24H,5-6H2,(H2,19,23)(H,20,25)(H,21,26)/t11-,12-,14-/m1/s1. The van der Waals surface area contributed by atoms with E-state index >= 15 is 0 Å². The van der Waals surface area contributed by atoms with Gasteiger partial charge in [-0.15, -0.1) is 0 Å². The van der Waals surface area contributed by atoms with E-state index in [4.69, 9.17) is 17.3 Å². The largest absolute Gasteiger partial charge is 0.390 e. The Labute approximate surface area is 152 Å². The number of carbonyl (C=O) groups is 3. The minimum Gasteiger partial charge on any atom is -0.390 e. The third-order valence-corrected chi connectivity index (χ3v) is 4.06. The predicted molar refractivity (Wildman–Crippen MR) is 89.6 cm³/mol. The summed E-state index contributed by atoms with van der Waals surface area (Å²) < 4.78 is 13.2. The highest BCUT2D eigenvalue weighted by Gasteiger charge is 2.33. The summed E-state index contributed by atoms with van der Waals surface area (Å²) in [5.41, 5.74) is 5.06. The first-order chi connectivity index (χ1) is 12.2. The molecule has 1 aromatic carbocycles. The Balaban J connectivity index is 2.15. The molecule has 0 saturated carbocycles. The molecule has 1 aliphatic rings. The van der Waals surface area contributed by atoms with Crippen LogP contribution in [0.25, 0.3) is 0 Å². The zero-order valence-corrected chi connectivity index (χ0v) is 14.2. The highest BCUT2D eigenvalue weighted by atomic mass is 35.5. The molecule has 0 aliphatic heterocycles. The van der Waals surface area contributed by atoms with Crippen molar-refractivity contribution in [2.24, 2.45) is 5.73 Å². The van der Waals surface area contributed by atoms with Crippen LogP contribution < -0.4 is 16.4 Å². The Bertz CT molecular complexity index is 770. The number of hydrogen-bond donors (Lipinski definition) is 5. The maximum absolute atomic E-state index is 13.2. The molecule has 0 radical (unpaired) electrons. The summed E-state index contributed by atoms with van der Waals surface area (Å²) in [7, 11) is 0. The van der Waals surface area contributed by atoms with Crippen LogP contribution in [0.15, 0.2) is 29.8 Å². The van der Waals surface area contributed by atoms with E-state index in [1.807, 2.05) is 0 Å². The molecule has 0 spiro atoms. The Morgan fingerprint density at radius 1 is 1.27 bits per heavy atom. The van der Waals surface area contributed by atoms with Crippen LogP contribution in [0.3, 0.4) is 0 Å². The van der Waals surface area contributed by atoms with E-state index < -0.39 is 41.8 Å². The van der Waals surface area contributed by atoms with Gasteiger partial charge in [-0.25, -0.2) is 4.39 Å². The van der Waals surface area contributed by atoms with Gasteiger partial charge in [-0.1, -0.05) is 17.7 Å². The van der Waals surface area contributed by atoms with Crippen LogP contribution in [0, 0.1) is 5.82 Å². The summed E-state index contributed by atoms with van der Waals surface area (Å²) in [5, 5.41) is 24.4. The first-order valence-electron chi connectivity index (χ1n) is 7.58. The predicted octanol–water partition coefficient (Wildman–Crippen LogP) is -0.769. The summed E-state index contributed by atoms with van der Waals surface area (Å²) in [5.74, 6) is -2.77. The van der Waals surface area contributed by atoms with Gasteiger partial charge in [0.05, 0.1) is 23.7 Å². The van der Waals surface area contributed by atoms with Crippen LogP contribution in [0.4, 0.5) is 4.39 Å². The van der Waals surface area contributed by atoms with Crippen molar-refractivity contribution in [2.75, 3.05) is 6.54 Å². The molecule has 140 valence electrons. The maximum Gasteiger partial charge on any atom is 0.251 e. The van der Waals surface area contributed by atoms with E-state index in [1.165, 1.54) is 12.1 Å². The molecule has 0 bridgehead atoms. The lowest BCUT2D eigenvalue weighted by atomic mass is 9.90. The van der Waals surface area contributed by atoms with Gasteiger partial charge in [0, 0.05) is 17.6 Å². The van der Waals surface area contributed by atoms with Crippen molar-refractivity contribution in [1.29, 1.82) is 0 Å². The smallest absolute Gasteiger partial charge is 0.251 e. The van der Waals surface area contributed by atoms with Gasteiger partial charge in [0.2, 0.25) is 11.8 Å². The van der Waals surface area contributed by atoms with E-state index in [9.17, 15) is 29.0 Å². The second-order valence-electron chi connectivity index (χ2n) is 5.73. The lowest BCUT2D eigenvalue weighted by molar-refractivity contribution is -0.123. The van der Waals surface area contributed by atoms with Gasteiger partial charge in [-0.3, -0.25) is 14.4 Å². The van der Waals surface area contributed by atoms with Crippen LogP contribution >= 0.6 is 11.6 Å². The van der Waals surface area contributed by atoms with E-state index in [2.05, 4.69) is 10.6 Å². The number of halogens is 2. The number of benzene rings is 1. The van der Waals surface area contributed by atoms with Gasteiger partial charge in [0.15, 0.2) is 0 Å². The van der Waals surface area contributed by atoms with Crippen molar-refractivity contribution in [3.63, 3.8) is 0 Å². The molecule has 3 atom stereocenters. The zero-order chi connectivity index (χ0) is 19.4. The SMILES string of the molecule is NC(=O)CNC(=O)C1=C[C@@H](NC(=O)c2ccc(F)c(Cl)c2)[C@@H](O)[C@H](O)C1. The molecule has 0 saturated heterocycles. The Morgan fingerprint density at radius 3 is 2.58 bits per heavy atom. The minimum absolute atomic E-state index is 0.0387. The number of amides is 3. The van der Waals surface area contributed by atoms with Crippen LogP contribution in [0.1, 0.15) is 16.8 Å². The molecule has 8 nitrogen and oxygen atoms in total. The molecule has 3 amide bonds. The molecule has 0 fully saturated rings. The number of rotatable bonds is 5. The normalized spacial score (nSPS) is 22.3. The molecule has 2 rings (SSSR count). The van der Waals surface area contributed by atoms with Crippen LogP contribution in [0.5, 0.6) is 0 Å². The van der Waals surface area contributed by atoms with Crippen molar-refractivity contribution >= 4 is 29.3 Å². The van der Waals surface area contributed by atoms with Crippen molar-refractivity contribution in [1.82, 2.24) is 10.6 Å². The number of aliphatic hydroxyl groups is 2. The molecule has 10 heteroatoms. The van der Waals surface area contributed by atoms with Crippen molar-refractivity contribution in [3.05, 3.63) is 46.3 Å². The fourth-order valence-corrected chi connectivity index (χ4v) is 2.60. The first kappa shape index (κ1) is 19.8. The lowest BCUT2D eigenvalue weighted by Crippen LogP contribution is -2.51. The second-order valence-corrected chi connectivity index (χ2v) is 6.14. The average Bonchev–Trinajstić information content (AvgIpc) is 2.58. The summed E-state index contributed by atoms with van der Waals surface area (Å²) in [6.07, 6.45) is -1.56. The molecule has 26 heavy (non-hydrogen) atoms. The number of hydrogen-bond acceptors (Lipinski definition) is 5. The van der Waals surface area contributed by atoms with Crippen LogP contribution in [-0.2, 0) is 9.59 Å². The van der Waals surface area contributed by atoms with Gasteiger partial charge in [-0.2, -0.15) is 0 Å². The van der Waals surface area contributed by atoms with Gasteiger partial charge in [0.25, 0.3) is 5.91 Å². The van der Waals surface area contributed by atoms with Gasteiger partial charge in [0.1, 0.15) is 11.9 Å². The monoisotopic (exact) mass is 385 g/mol. The van der Waals surface area contributed by atoms with Crippen LogP contribution in [-0.4, -0.2) is 52.7 Å². The molecule has 1 aliphatic carbocycles. The van der Waals surface area contributed by atoms with Gasteiger partial charge >= 0.3 is 0 Å². The minimum atomic E-state index is -1.36. The number of aliphatic hydroxyl groups excluding tert-OH is 2. The Kier molecular flexibility index (Phi) is 6.30. The first-order valence-corrected chi connectivity index (χ1v) is 7.96. The van der Waals surface area contributed by atoms with Crippen molar-refractivity contribution in [3.8, 4) is 0 Å². The maximum atomic E-state index is 13.2. The quantitative estimate of drug-likeness (QED) is 0.452. The van der Waals surface area contributed by atoms with E-state index in [1.54, 1.807) is 0 Å². The number of primary amides is 1. The zero-order valence-electron chi connectivity index (χ0n) is 13.4. The highest BCUT2D eigenvalue weighted by molar-refractivity contribution is 6.31. The number of carbonyl (C=O) groups excluding carboxylic acids is 3. The lowest BCUT2D eigenvalue weighted by Gasteiger charge is -2.31. The number of nitrogens with two attached hydrogens (primary N) is 1. The molecular formula is C16H17ClFN3O5. The van der Waals surface area contributed by atoms with Crippen LogP contribution in [0.2, 0.25) is 5.02 Å². The van der Waals surface area contributed by atoms with E-state index in [0.717, 1.165) is 12.1 Å². The van der Waals surface area contributed by atoms with Gasteiger partial charge in [-0.05, 0) is 18.2 Å². The fraction of sp³-hybridized carbons (Fsp3) is 0.312. The number of nitrogens with one attached hydrogen (secondary N) is 2. The third-order valence-electron chi connectivity index (χ3n) is 3.77. The highest BCUT2D eigenvalue weighted by Crippen LogP contribution is 2.21. The van der Waals surface area contributed by atoms with E-state index in [0.29, 0.717) is 0 Å². The molecule has 6 N–H and O–H groups in total.